The Balaban J connectivity index is 1.24. The van der Waals surface area contributed by atoms with Crippen molar-refractivity contribution in [2.24, 2.45) is 0 Å². The summed E-state index contributed by atoms with van der Waals surface area (Å²) in [6.07, 6.45) is 0. The van der Waals surface area contributed by atoms with E-state index in [2.05, 4.69) is 40.1 Å². The van der Waals surface area contributed by atoms with Gasteiger partial charge in [0.1, 0.15) is 5.01 Å². The van der Waals surface area contributed by atoms with Crippen molar-refractivity contribution in [1.82, 2.24) is 19.7 Å². The van der Waals surface area contributed by atoms with Crippen LogP contribution in [0.2, 0.25) is 0 Å². The molecule has 5 nitrogen and oxygen atoms in total. The first kappa shape index (κ1) is 19.1. The van der Waals surface area contributed by atoms with E-state index in [9.17, 15) is 4.79 Å². The largest absolute Gasteiger partial charge is 0.339 e. The fourth-order valence-corrected chi connectivity index (χ4v) is 4.63. The van der Waals surface area contributed by atoms with Gasteiger partial charge >= 0.3 is 0 Å². The van der Waals surface area contributed by atoms with E-state index >= 15 is 0 Å². The number of fused-ring (bicyclic) bond motifs is 1. The quantitative estimate of drug-likeness (QED) is 0.644. The number of benzene rings is 2. The van der Waals surface area contributed by atoms with Gasteiger partial charge in [0.2, 0.25) is 5.91 Å². The number of piperazine rings is 1. The van der Waals surface area contributed by atoms with E-state index in [1.807, 2.05) is 36.2 Å². The van der Waals surface area contributed by atoms with Gasteiger partial charge in [-0.2, -0.15) is 0 Å². The van der Waals surface area contributed by atoms with E-state index in [-0.39, 0.29) is 5.91 Å². The molecule has 0 atom stereocenters. The van der Waals surface area contributed by atoms with Crippen molar-refractivity contribution in [3.63, 3.8) is 0 Å². The second kappa shape index (κ2) is 8.82. The van der Waals surface area contributed by atoms with Gasteiger partial charge in [0.05, 0.1) is 23.3 Å². The number of aromatic nitrogens is 1. The topological polar surface area (TPSA) is 39.7 Å². The van der Waals surface area contributed by atoms with Gasteiger partial charge in [-0.05, 0) is 24.7 Å². The summed E-state index contributed by atoms with van der Waals surface area (Å²) in [4.78, 5) is 23.8. The van der Waals surface area contributed by atoms with E-state index in [4.69, 9.17) is 4.98 Å². The molecule has 2 heterocycles. The van der Waals surface area contributed by atoms with Crippen molar-refractivity contribution in [2.75, 3.05) is 39.8 Å². The lowest BCUT2D eigenvalue weighted by Crippen LogP contribution is -2.50. The highest BCUT2D eigenvalue weighted by Gasteiger charge is 2.22. The molecule has 1 aliphatic rings. The van der Waals surface area contributed by atoms with Crippen LogP contribution in [0.3, 0.4) is 0 Å². The summed E-state index contributed by atoms with van der Waals surface area (Å²) in [5, 5.41) is 1.16. The minimum absolute atomic E-state index is 0.220. The summed E-state index contributed by atoms with van der Waals surface area (Å²) < 4.78 is 1.24. The molecule has 1 aromatic heterocycles. The van der Waals surface area contributed by atoms with Crippen molar-refractivity contribution in [1.29, 1.82) is 0 Å². The van der Waals surface area contributed by atoms with Crippen LogP contribution in [0.25, 0.3) is 10.2 Å². The first-order valence-electron chi connectivity index (χ1n) is 9.74. The van der Waals surface area contributed by atoms with Crippen molar-refractivity contribution >= 4 is 27.5 Å². The molecule has 2 aromatic carbocycles. The molecule has 6 heteroatoms. The lowest BCUT2D eigenvalue weighted by Gasteiger charge is -2.35. The average molecular weight is 395 g/mol. The number of nitrogens with zero attached hydrogens (tertiary/aromatic N) is 4. The van der Waals surface area contributed by atoms with Gasteiger partial charge in [0.15, 0.2) is 0 Å². The predicted octanol–water partition coefficient (Wildman–Crippen LogP) is 3.07. The number of thiazole rings is 1. The van der Waals surface area contributed by atoms with Crippen molar-refractivity contribution in [3.8, 4) is 0 Å². The van der Waals surface area contributed by atoms with Crippen LogP contribution < -0.4 is 0 Å². The molecular formula is C22H26N4OS. The maximum Gasteiger partial charge on any atom is 0.236 e. The molecule has 0 spiro atoms. The van der Waals surface area contributed by atoms with Crippen molar-refractivity contribution in [3.05, 3.63) is 65.2 Å². The Hall–Kier alpha value is -2.28. The normalized spacial score (nSPS) is 15.4. The Labute approximate surface area is 170 Å². The highest BCUT2D eigenvalue weighted by Crippen LogP contribution is 2.23. The van der Waals surface area contributed by atoms with Crippen molar-refractivity contribution in [2.45, 2.75) is 13.1 Å². The molecule has 0 saturated carbocycles. The van der Waals surface area contributed by atoms with Gasteiger partial charge in [-0.25, -0.2) is 4.98 Å². The van der Waals surface area contributed by atoms with Gasteiger partial charge in [0, 0.05) is 32.7 Å². The maximum atomic E-state index is 12.6. The number of rotatable bonds is 6. The zero-order chi connectivity index (χ0) is 19.3. The monoisotopic (exact) mass is 394 g/mol. The lowest BCUT2D eigenvalue weighted by atomic mass is 10.2. The van der Waals surface area contributed by atoms with E-state index in [1.165, 1.54) is 10.3 Å². The van der Waals surface area contributed by atoms with Crippen LogP contribution in [0.1, 0.15) is 10.6 Å². The molecule has 4 rings (SSSR count). The number of likely N-dealkylation sites (N-methyl/N-ethyl adjacent to an activating group) is 1. The zero-order valence-corrected chi connectivity index (χ0v) is 17.1. The van der Waals surface area contributed by atoms with E-state index in [0.29, 0.717) is 6.54 Å². The Morgan fingerprint density at radius 3 is 2.50 bits per heavy atom. The zero-order valence-electron chi connectivity index (χ0n) is 16.3. The summed E-state index contributed by atoms with van der Waals surface area (Å²) in [7, 11) is 2.01. The number of hydrogen-bond acceptors (Lipinski definition) is 5. The first-order valence-corrected chi connectivity index (χ1v) is 10.6. The Morgan fingerprint density at radius 2 is 1.75 bits per heavy atom. The van der Waals surface area contributed by atoms with E-state index in [0.717, 1.165) is 49.8 Å². The second-order valence-electron chi connectivity index (χ2n) is 7.39. The van der Waals surface area contributed by atoms with Gasteiger partial charge in [-0.1, -0.05) is 42.5 Å². The van der Waals surface area contributed by atoms with Gasteiger partial charge in [-0.3, -0.25) is 14.6 Å². The molecular weight excluding hydrogens is 368 g/mol. The highest BCUT2D eigenvalue weighted by atomic mass is 32.1. The van der Waals surface area contributed by atoms with Crippen LogP contribution in [0.4, 0.5) is 0 Å². The molecule has 0 radical (unpaired) electrons. The van der Waals surface area contributed by atoms with Gasteiger partial charge < -0.3 is 4.90 Å². The molecule has 1 aliphatic heterocycles. The molecule has 3 aromatic rings. The number of carbonyl (C=O) groups excluding carboxylic acids is 1. The maximum absolute atomic E-state index is 12.6. The molecule has 1 saturated heterocycles. The second-order valence-corrected chi connectivity index (χ2v) is 8.51. The molecule has 1 amide bonds. The molecule has 146 valence electrons. The molecule has 0 unspecified atom stereocenters. The van der Waals surface area contributed by atoms with Crippen LogP contribution in [-0.2, 0) is 17.9 Å². The Kier molecular flexibility index (Phi) is 6.00. The smallest absolute Gasteiger partial charge is 0.236 e. The molecule has 1 fully saturated rings. The first-order chi connectivity index (χ1) is 13.7. The Morgan fingerprint density at radius 1 is 1.04 bits per heavy atom. The number of para-hydroxylation sites is 1. The summed E-state index contributed by atoms with van der Waals surface area (Å²) >= 11 is 1.77. The fraction of sp³-hybridized carbons (Fsp3) is 0.364. The van der Waals surface area contributed by atoms with Crippen LogP contribution in [0, 0.1) is 0 Å². The third-order valence-electron chi connectivity index (χ3n) is 5.12. The summed E-state index contributed by atoms with van der Waals surface area (Å²) in [5.74, 6) is 0.220. The van der Waals surface area contributed by atoms with Crippen molar-refractivity contribution < 1.29 is 4.79 Å². The van der Waals surface area contributed by atoms with Crippen LogP contribution in [0.5, 0.6) is 0 Å². The standard InChI is InChI=1S/C22H26N4OS/c1-24(15-18-7-3-2-4-8-18)17-22(27)26-13-11-25(12-14-26)16-21-23-19-9-5-6-10-20(19)28-21/h2-10H,11-17H2,1H3. The van der Waals surface area contributed by atoms with Crippen LogP contribution in [-0.4, -0.2) is 65.4 Å². The fourth-order valence-electron chi connectivity index (χ4n) is 3.62. The summed E-state index contributed by atoms with van der Waals surface area (Å²) in [5.41, 5.74) is 2.32. The third-order valence-corrected chi connectivity index (χ3v) is 6.14. The third kappa shape index (κ3) is 4.76. The summed E-state index contributed by atoms with van der Waals surface area (Å²) in [6, 6.07) is 18.6. The predicted molar refractivity (Wildman–Crippen MR) is 114 cm³/mol. The van der Waals surface area contributed by atoms with Gasteiger partial charge in [0.25, 0.3) is 0 Å². The highest BCUT2D eigenvalue weighted by molar-refractivity contribution is 7.18. The van der Waals surface area contributed by atoms with E-state index < -0.39 is 0 Å². The SMILES string of the molecule is CN(CC(=O)N1CCN(Cc2nc3ccccc3s2)CC1)Cc1ccccc1. The summed E-state index contributed by atoms with van der Waals surface area (Å²) in [6.45, 7) is 5.53. The molecule has 0 bridgehead atoms. The minimum atomic E-state index is 0.220. The lowest BCUT2D eigenvalue weighted by molar-refractivity contribution is -0.134. The average Bonchev–Trinajstić information content (AvgIpc) is 3.11. The number of carbonyl (C=O) groups is 1. The molecule has 28 heavy (non-hydrogen) atoms. The molecule has 0 N–H and O–H groups in total. The van der Waals surface area contributed by atoms with E-state index in [1.54, 1.807) is 11.3 Å². The van der Waals surface area contributed by atoms with Crippen LogP contribution in [0.15, 0.2) is 54.6 Å². The number of amides is 1. The Bertz CT molecular complexity index is 885. The number of hydrogen-bond donors (Lipinski definition) is 0. The molecule has 0 aliphatic carbocycles. The minimum Gasteiger partial charge on any atom is -0.339 e. The van der Waals surface area contributed by atoms with Gasteiger partial charge in [-0.15, -0.1) is 11.3 Å². The van der Waals surface area contributed by atoms with Crippen LogP contribution >= 0.6 is 11.3 Å².